The van der Waals surface area contributed by atoms with E-state index in [0.29, 0.717) is 10.6 Å². The van der Waals surface area contributed by atoms with Gasteiger partial charge in [-0.25, -0.2) is 4.39 Å². The third-order valence-electron chi connectivity index (χ3n) is 4.28. The van der Waals surface area contributed by atoms with Gasteiger partial charge in [0.15, 0.2) is 5.78 Å². The fourth-order valence-electron chi connectivity index (χ4n) is 2.89. The molecule has 0 atom stereocenters. The van der Waals surface area contributed by atoms with Gasteiger partial charge in [-0.2, -0.15) is 0 Å². The van der Waals surface area contributed by atoms with Gasteiger partial charge in [-0.05, 0) is 29.8 Å². The van der Waals surface area contributed by atoms with Gasteiger partial charge in [0.1, 0.15) is 5.82 Å². The van der Waals surface area contributed by atoms with Gasteiger partial charge < -0.3 is 4.90 Å². The van der Waals surface area contributed by atoms with Crippen LogP contribution in [-0.4, -0.2) is 41.8 Å². The molecule has 130 valence electrons. The lowest BCUT2D eigenvalue weighted by molar-refractivity contribution is 0.104. The van der Waals surface area contributed by atoms with Crippen LogP contribution in [0.15, 0.2) is 60.8 Å². The third kappa shape index (κ3) is 4.91. The van der Waals surface area contributed by atoms with E-state index in [2.05, 4.69) is 9.80 Å². The summed E-state index contributed by atoms with van der Waals surface area (Å²) in [6.07, 6.45) is 3.41. The minimum Gasteiger partial charge on any atom is -0.375 e. The number of nitrogens with zero attached hydrogens (tertiary/aromatic N) is 2. The van der Waals surface area contributed by atoms with Crippen LogP contribution in [0.2, 0.25) is 5.02 Å². The molecule has 3 nitrogen and oxygen atoms in total. The van der Waals surface area contributed by atoms with E-state index in [-0.39, 0.29) is 11.6 Å². The monoisotopic (exact) mass is 358 g/mol. The van der Waals surface area contributed by atoms with Gasteiger partial charge in [0.2, 0.25) is 0 Å². The van der Waals surface area contributed by atoms with Crippen LogP contribution in [0.5, 0.6) is 0 Å². The molecule has 0 bridgehead atoms. The Morgan fingerprint density at radius 2 is 1.84 bits per heavy atom. The van der Waals surface area contributed by atoms with Crippen molar-refractivity contribution in [3.8, 4) is 0 Å². The quantitative estimate of drug-likeness (QED) is 0.596. The number of carbonyl (C=O) groups excluding carboxylic acids is 1. The van der Waals surface area contributed by atoms with Crippen molar-refractivity contribution < 1.29 is 9.18 Å². The Balaban J connectivity index is 1.51. The largest absolute Gasteiger partial charge is 0.375 e. The molecule has 1 aliphatic rings. The molecule has 0 saturated carbocycles. The molecule has 1 heterocycles. The molecule has 0 unspecified atom stereocenters. The number of benzene rings is 2. The molecule has 1 fully saturated rings. The Labute approximate surface area is 152 Å². The summed E-state index contributed by atoms with van der Waals surface area (Å²) in [6, 6.07) is 13.8. The third-order valence-corrected chi connectivity index (χ3v) is 4.61. The highest BCUT2D eigenvalue weighted by Crippen LogP contribution is 2.16. The smallest absolute Gasteiger partial charge is 0.188 e. The van der Waals surface area contributed by atoms with Gasteiger partial charge in [-0.1, -0.05) is 35.9 Å². The van der Waals surface area contributed by atoms with Crippen LogP contribution in [0, 0.1) is 5.82 Å². The van der Waals surface area contributed by atoms with Crippen LogP contribution in [0.1, 0.15) is 15.9 Å². The second-order valence-corrected chi connectivity index (χ2v) is 6.51. The first-order valence-electron chi connectivity index (χ1n) is 8.30. The van der Waals surface area contributed by atoms with E-state index in [1.54, 1.807) is 42.5 Å². The minimum absolute atomic E-state index is 0.0900. The highest BCUT2D eigenvalue weighted by Gasteiger charge is 2.15. The van der Waals surface area contributed by atoms with Crippen LogP contribution < -0.4 is 0 Å². The van der Waals surface area contributed by atoms with Crippen molar-refractivity contribution in [2.45, 2.75) is 6.54 Å². The molecule has 2 aromatic carbocycles. The van der Waals surface area contributed by atoms with Crippen LogP contribution in [0.3, 0.4) is 0 Å². The topological polar surface area (TPSA) is 23.6 Å². The van der Waals surface area contributed by atoms with E-state index in [1.807, 2.05) is 12.3 Å². The fraction of sp³-hybridized carbons (Fsp3) is 0.250. The summed E-state index contributed by atoms with van der Waals surface area (Å²) >= 11 is 6.05. The van der Waals surface area contributed by atoms with E-state index in [4.69, 9.17) is 11.6 Å². The van der Waals surface area contributed by atoms with Crippen LogP contribution in [0.4, 0.5) is 4.39 Å². The molecule has 0 spiro atoms. The first-order chi connectivity index (χ1) is 12.1. The predicted molar refractivity (Wildman–Crippen MR) is 98.2 cm³/mol. The summed E-state index contributed by atoms with van der Waals surface area (Å²) in [7, 11) is 0. The van der Waals surface area contributed by atoms with Gasteiger partial charge in [-0.15, -0.1) is 0 Å². The van der Waals surface area contributed by atoms with E-state index >= 15 is 0 Å². The van der Waals surface area contributed by atoms with E-state index in [9.17, 15) is 9.18 Å². The maximum absolute atomic E-state index is 13.3. The summed E-state index contributed by atoms with van der Waals surface area (Å²) in [6.45, 7) is 4.17. The fourth-order valence-corrected chi connectivity index (χ4v) is 3.12. The molecule has 5 heteroatoms. The van der Waals surface area contributed by atoms with Crippen LogP contribution in [0.25, 0.3) is 0 Å². The molecule has 0 aliphatic carbocycles. The van der Waals surface area contributed by atoms with Crippen molar-refractivity contribution in [1.29, 1.82) is 0 Å². The highest BCUT2D eigenvalue weighted by atomic mass is 35.5. The Morgan fingerprint density at radius 1 is 1.08 bits per heavy atom. The number of piperazine rings is 1. The minimum atomic E-state index is -0.197. The molecule has 0 aromatic heterocycles. The molecule has 2 aromatic rings. The van der Waals surface area contributed by atoms with Crippen LogP contribution >= 0.6 is 11.6 Å². The zero-order chi connectivity index (χ0) is 17.6. The molecule has 0 radical (unpaired) electrons. The average Bonchev–Trinajstić information content (AvgIpc) is 2.61. The van der Waals surface area contributed by atoms with Crippen molar-refractivity contribution >= 4 is 17.4 Å². The van der Waals surface area contributed by atoms with Crippen molar-refractivity contribution in [3.63, 3.8) is 0 Å². The number of hydrogen-bond acceptors (Lipinski definition) is 3. The maximum Gasteiger partial charge on any atom is 0.188 e. The van der Waals surface area contributed by atoms with Gasteiger partial charge in [0.25, 0.3) is 0 Å². The molecule has 25 heavy (non-hydrogen) atoms. The number of halogens is 2. The maximum atomic E-state index is 13.3. The lowest BCUT2D eigenvalue weighted by Gasteiger charge is -2.34. The SMILES string of the molecule is O=C(C=CN1CCN(Cc2cccc(F)c2)CC1)c1ccccc1Cl. The van der Waals surface area contributed by atoms with Gasteiger partial charge in [-0.3, -0.25) is 9.69 Å². The normalized spacial score (nSPS) is 15.7. The zero-order valence-electron chi connectivity index (χ0n) is 13.9. The van der Waals surface area contributed by atoms with Gasteiger partial charge in [0.05, 0.1) is 5.02 Å². The zero-order valence-corrected chi connectivity index (χ0v) is 14.6. The molecule has 1 aliphatic heterocycles. The number of allylic oxidation sites excluding steroid dienone is 1. The predicted octanol–water partition coefficient (Wildman–Crippen LogP) is 3.99. The second kappa shape index (κ2) is 8.28. The van der Waals surface area contributed by atoms with Gasteiger partial charge in [0, 0.05) is 50.6 Å². The Bertz CT molecular complexity index is 770. The van der Waals surface area contributed by atoms with Crippen molar-refractivity contribution in [2.75, 3.05) is 26.2 Å². The standard InChI is InChI=1S/C20H20ClFN2O/c21-19-7-2-1-6-18(19)20(25)8-9-23-10-12-24(13-11-23)15-16-4-3-5-17(22)14-16/h1-9,14H,10-13,15H2. The molecule has 0 N–H and O–H groups in total. The molecular weight excluding hydrogens is 339 g/mol. The second-order valence-electron chi connectivity index (χ2n) is 6.10. The van der Waals surface area contributed by atoms with E-state index in [1.165, 1.54) is 6.07 Å². The lowest BCUT2D eigenvalue weighted by Crippen LogP contribution is -2.43. The Morgan fingerprint density at radius 3 is 2.56 bits per heavy atom. The molecule has 1 saturated heterocycles. The number of carbonyl (C=O) groups is 1. The molecule has 0 amide bonds. The van der Waals surface area contributed by atoms with Crippen molar-refractivity contribution in [1.82, 2.24) is 9.80 Å². The number of hydrogen-bond donors (Lipinski definition) is 0. The summed E-state index contributed by atoms with van der Waals surface area (Å²) in [5, 5.41) is 0.470. The summed E-state index contributed by atoms with van der Waals surface area (Å²) in [5.74, 6) is -0.287. The summed E-state index contributed by atoms with van der Waals surface area (Å²) in [5.41, 5.74) is 1.50. The molecule has 3 rings (SSSR count). The first-order valence-corrected chi connectivity index (χ1v) is 8.67. The summed E-state index contributed by atoms with van der Waals surface area (Å²) < 4.78 is 13.3. The Kier molecular flexibility index (Phi) is 5.84. The van der Waals surface area contributed by atoms with E-state index < -0.39 is 0 Å². The summed E-state index contributed by atoms with van der Waals surface area (Å²) in [4.78, 5) is 16.6. The van der Waals surface area contributed by atoms with Crippen molar-refractivity contribution in [3.05, 3.63) is 82.8 Å². The molecular formula is C20H20ClFN2O. The number of rotatable bonds is 5. The first kappa shape index (κ1) is 17.6. The van der Waals surface area contributed by atoms with E-state index in [0.717, 1.165) is 38.3 Å². The van der Waals surface area contributed by atoms with Gasteiger partial charge >= 0.3 is 0 Å². The highest BCUT2D eigenvalue weighted by molar-refractivity contribution is 6.34. The van der Waals surface area contributed by atoms with Crippen LogP contribution in [-0.2, 0) is 6.54 Å². The van der Waals surface area contributed by atoms with Crippen molar-refractivity contribution in [2.24, 2.45) is 0 Å². The number of ketones is 1. The lowest BCUT2D eigenvalue weighted by atomic mass is 10.1. The average molecular weight is 359 g/mol. The Hall–Kier alpha value is -2.17.